The molecule has 0 heterocycles. The minimum atomic E-state index is -6.50. The summed E-state index contributed by atoms with van der Waals surface area (Å²) >= 11 is 0. The van der Waals surface area contributed by atoms with Crippen molar-refractivity contribution in [1.29, 1.82) is 0 Å². The summed E-state index contributed by atoms with van der Waals surface area (Å²) in [5.41, 5.74) is -1.05. The fourth-order valence-electron chi connectivity index (χ4n) is 1.11. The molecule has 0 amide bonds. The quantitative estimate of drug-likeness (QED) is 0.662. The molecule has 10 heteroatoms. The minimum Gasteiger partial charge on any atom is -0.392 e. The fraction of sp³-hybridized carbons (Fsp3) is 1.00. The molecule has 2 unspecified atom stereocenters. The number of aliphatic hydroxyl groups is 2. The first-order chi connectivity index (χ1) is 8.05. The van der Waals surface area contributed by atoms with Crippen LogP contribution in [0.15, 0.2) is 0 Å². The summed E-state index contributed by atoms with van der Waals surface area (Å²) in [4.78, 5) is 0. The van der Waals surface area contributed by atoms with E-state index in [2.05, 4.69) is 0 Å². The third-order valence-corrected chi connectivity index (χ3v) is 2.64. The first kappa shape index (κ1) is 22.9. The third kappa shape index (κ3) is 4.83. The molecule has 0 aromatic heterocycles. The first-order valence-electron chi connectivity index (χ1n) is 5.23. The molecule has 2 atom stereocenters. The third-order valence-electron chi connectivity index (χ3n) is 2.64. The molecule has 1 radical (unpaired) electrons. The number of hydrogen-bond acceptors (Lipinski definition) is 2. The second-order valence-corrected chi connectivity index (χ2v) is 5.33. The predicted molar refractivity (Wildman–Crippen MR) is 52.0 cm³/mol. The number of halogens is 7. The maximum Gasteiger partial charge on any atom is 0.459 e. The van der Waals surface area contributed by atoms with Crippen molar-refractivity contribution in [1.82, 2.24) is 0 Å². The number of alkyl halides is 7. The minimum absolute atomic E-state index is 0. The van der Waals surface area contributed by atoms with Gasteiger partial charge in [-0.1, -0.05) is 20.8 Å². The first-order valence-corrected chi connectivity index (χ1v) is 5.23. The molecule has 0 saturated heterocycles. The van der Waals surface area contributed by atoms with Crippen molar-refractivity contribution in [3.05, 3.63) is 0 Å². The molecule has 0 saturated carbocycles. The molecule has 0 fully saturated rings. The van der Waals surface area contributed by atoms with Crippen LogP contribution in [0.2, 0.25) is 0 Å². The van der Waals surface area contributed by atoms with Crippen LogP contribution < -0.4 is 0 Å². The predicted octanol–water partition coefficient (Wildman–Crippen LogP) is 2.98. The van der Waals surface area contributed by atoms with Crippen LogP contribution in [-0.2, 0) is 0 Å². The second-order valence-electron chi connectivity index (χ2n) is 5.33. The maximum absolute atomic E-state index is 13.0. The summed E-state index contributed by atoms with van der Waals surface area (Å²) in [6.07, 6.45) is -12.8. The molecule has 20 heavy (non-hydrogen) atoms. The summed E-state index contributed by atoms with van der Waals surface area (Å²) in [6.45, 7) is 4.05. The summed E-state index contributed by atoms with van der Waals surface area (Å²) in [5, 5.41) is 18.3. The Bertz CT molecular complexity index is 312. The maximum atomic E-state index is 13.0. The van der Waals surface area contributed by atoms with Crippen molar-refractivity contribution in [3.8, 4) is 0 Å². The van der Waals surface area contributed by atoms with E-state index >= 15 is 0 Å². The van der Waals surface area contributed by atoms with E-state index in [1.165, 1.54) is 20.8 Å². The van der Waals surface area contributed by atoms with Crippen molar-refractivity contribution in [3.63, 3.8) is 0 Å². The van der Waals surface area contributed by atoms with Crippen LogP contribution in [0, 0.1) is 41.0 Å². The van der Waals surface area contributed by atoms with E-state index in [-0.39, 0.29) is 35.6 Å². The van der Waals surface area contributed by atoms with Gasteiger partial charge in [-0.25, -0.2) is 0 Å². The van der Waals surface area contributed by atoms with Gasteiger partial charge in [0.15, 0.2) is 0 Å². The van der Waals surface area contributed by atoms with E-state index in [0.29, 0.717) is 0 Å². The Balaban J connectivity index is 0. The molecule has 0 spiro atoms. The van der Waals surface area contributed by atoms with Crippen LogP contribution in [0.5, 0.6) is 0 Å². The zero-order valence-electron chi connectivity index (χ0n) is 11.0. The van der Waals surface area contributed by atoms with Gasteiger partial charge < -0.3 is 10.2 Å². The van der Waals surface area contributed by atoms with Crippen LogP contribution in [0.4, 0.5) is 30.7 Å². The van der Waals surface area contributed by atoms with Crippen molar-refractivity contribution in [2.75, 3.05) is 0 Å². The summed E-state index contributed by atoms with van der Waals surface area (Å²) in [7, 11) is 0. The summed E-state index contributed by atoms with van der Waals surface area (Å²) in [5.74, 6) is -12.1. The molecule has 0 rings (SSSR count). The molecule has 0 aromatic rings. The van der Waals surface area contributed by atoms with Gasteiger partial charge in [-0.3, -0.25) is 0 Å². The number of aliphatic hydroxyl groups excluding tert-OH is 2. The summed E-state index contributed by atoms with van der Waals surface area (Å²) < 4.78 is 86.8. The van der Waals surface area contributed by atoms with E-state index in [9.17, 15) is 35.8 Å². The van der Waals surface area contributed by atoms with Gasteiger partial charge in [-0.05, 0) is 5.41 Å². The van der Waals surface area contributed by atoms with E-state index in [0.717, 1.165) is 0 Å². The molecule has 0 bridgehead atoms. The molecule has 0 aromatic carbocycles. The standard InChI is InChI=1S/C10H15F7O2.La/c1-7(2,3)5(18)4-6(19)8(11,12)9(13,14)10(15,16)17;/h5-6,18-19H,4H2,1-3H3;. The number of hydrogen-bond donors (Lipinski definition) is 2. The Morgan fingerprint density at radius 1 is 0.800 bits per heavy atom. The van der Waals surface area contributed by atoms with Crippen LogP contribution >= 0.6 is 0 Å². The van der Waals surface area contributed by atoms with Crippen LogP contribution in [-0.4, -0.2) is 40.4 Å². The van der Waals surface area contributed by atoms with Gasteiger partial charge in [0.05, 0.1) is 6.10 Å². The monoisotopic (exact) mass is 439 g/mol. The van der Waals surface area contributed by atoms with E-state index < -0.39 is 42.1 Å². The van der Waals surface area contributed by atoms with E-state index in [1.807, 2.05) is 0 Å². The SMILES string of the molecule is CC(C)(C)C(O)CC(O)C(F)(F)C(F)(F)C(F)(F)F.[La]. The van der Waals surface area contributed by atoms with Gasteiger partial charge in [0.2, 0.25) is 0 Å². The summed E-state index contributed by atoms with van der Waals surface area (Å²) in [6, 6.07) is 0. The van der Waals surface area contributed by atoms with Crippen LogP contribution in [0.3, 0.4) is 0 Å². The molecule has 0 aliphatic carbocycles. The van der Waals surface area contributed by atoms with E-state index in [4.69, 9.17) is 5.11 Å². The van der Waals surface area contributed by atoms with Gasteiger partial charge in [-0.15, -0.1) is 0 Å². The Kier molecular flexibility index (Phi) is 7.79. The van der Waals surface area contributed by atoms with Crippen molar-refractivity contribution >= 4 is 0 Å². The molecule has 119 valence electrons. The van der Waals surface area contributed by atoms with Crippen molar-refractivity contribution in [2.24, 2.45) is 5.41 Å². The van der Waals surface area contributed by atoms with Gasteiger partial charge >= 0.3 is 18.0 Å². The van der Waals surface area contributed by atoms with Crippen molar-refractivity contribution in [2.45, 2.75) is 57.4 Å². The smallest absolute Gasteiger partial charge is 0.392 e. The molecular weight excluding hydrogens is 424 g/mol. The zero-order valence-corrected chi connectivity index (χ0v) is 14.6. The fourth-order valence-corrected chi connectivity index (χ4v) is 1.11. The average Bonchev–Trinajstić information content (AvgIpc) is 2.13. The van der Waals surface area contributed by atoms with Gasteiger partial charge in [0.1, 0.15) is 6.10 Å². The Morgan fingerprint density at radius 2 is 1.15 bits per heavy atom. The average molecular weight is 439 g/mol. The molecule has 0 aliphatic heterocycles. The topological polar surface area (TPSA) is 40.5 Å². The Hall–Kier alpha value is 0.625. The Labute approximate surface area is 139 Å². The van der Waals surface area contributed by atoms with E-state index in [1.54, 1.807) is 0 Å². The van der Waals surface area contributed by atoms with Gasteiger partial charge in [0, 0.05) is 42.0 Å². The normalized spacial score (nSPS) is 17.4. The number of rotatable bonds is 4. The molecule has 0 aliphatic rings. The van der Waals surface area contributed by atoms with Crippen LogP contribution in [0.25, 0.3) is 0 Å². The molecule has 2 N–H and O–H groups in total. The Morgan fingerprint density at radius 3 is 1.40 bits per heavy atom. The van der Waals surface area contributed by atoms with Crippen molar-refractivity contribution < 1.29 is 76.5 Å². The zero-order chi connectivity index (χ0) is 15.9. The van der Waals surface area contributed by atoms with Gasteiger partial charge in [0.25, 0.3) is 0 Å². The van der Waals surface area contributed by atoms with Gasteiger partial charge in [-0.2, -0.15) is 30.7 Å². The molecule has 2 nitrogen and oxygen atoms in total. The molecular formula is C10H15F7LaO2. The largest absolute Gasteiger partial charge is 0.459 e. The second kappa shape index (κ2) is 6.81. The van der Waals surface area contributed by atoms with Crippen LogP contribution in [0.1, 0.15) is 27.2 Å².